The van der Waals surface area contributed by atoms with E-state index in [4.69, 9.17) is 4.74 Å². The van der Waals surface area contributed by atoms with Crippen molar-refractivity contribution in [2.75, 3.05) is 6.61 Å². The van der Waals surface area contributed by atoms with E-state index in [0.29, 0.717) is 0 Å². The first-order chi connectivity index (χ1) is 15.1. The van der Waals surface area contributed by atoms with Crippen molar-refractivity contribution in [2.45, 2.75) is 52.1 Å². The Balaban J connectivity index is 1.70. The highest BCUT2D eigenvalue weighted by atomic mass is 16.5. The van der Waals surface area contributed by atoms with Gasteiger partial charge >= 0.3 is 12.1 Å². The van der Waals surface area contributed by atoms with E-state index in [0.717, 1.165) is 22.3 Å². The molecule has 2 aromatic carbocycles. The van der Waals surface area contributed by atoms with Gasteiger partial charge in [0.2, 0.25) is 5.91 Å². The van der Waals surface area contributed by atoms with Gasteiger partial charge in [0.05, 0.1) is 0 Å². The maximum Gasteiger partial charge on any atom is 0.407 e. The zero-order valence-electron chi connectivity index (χ0n) is 18.8. The third kappa shape index (κ3) is 4.93. The summed E-state index contributed by atoms with van der Waals surface area (Å²) in [5.41, 5.74) is 3.80. The molecule has 0 saturated carbocycles. The molecule has 0 aliphatic heterocycles. The summed E-state index contributed by atoms with van der Waals surface area (Å²) >= 11 is 0. The molecule has 3 rings (SSSR count). The minimum atomic E-state index is -1.12. The van der Waals surface area contributed by atoms with Crippen molar-refractivity contribution in [1.29, 1.82) is 0 Å². The fraction of sp³-hybridized carbons (Fsp3) is 0.400. The average Bonchev–Trinajstić information content (AvgIpc) is 3.07. The van der Waals surface area contributed by atoms with E-state index in [1.165, 1.54) is 0 Å². The second kappa shape index (κ2) is 9.42. The van der Waals surface area contributed by atoms with Gasteiger partial charge in [-0.2, -0.15) is 0 Å². The Labute approximate surface area is 188 Å². The van der Waals surface area contributed by atoms with Crippen LogP contribution in [0.5, 0.6) is 0 Å². The number of fused-ring (bicyclic) bond motifs is 3. The Hall–Kier alpha value is -3.35. The number of carbonyl (C=O) groups excluding carboxylic acids is 2. The number of carboxylic acids is 1. The highest BCUT2D eigenvalue weighted by molar-refractivity contribution is 5.89. The van der Waals surface area contributed by atoms with Gasteiger partial charge in [0, 0.05) is 5.92 Å². The molecule has 2 atom stereocenters. The summed E-state index contributed by atoms with van der Waals surface area (Å²) < 4.78 is 5.55. The molecule has 3 N–H and O–H groups in total. The molecule has 0 spiro atoms. The molecule has 2 amide bonds. The summed E-state index contributed by atoms with van der Waals surface area (Å²) in [6, 6.07) is 14.1. The lowest BCUT2D eigenvalue weighted by Gasteiger charge is -2.31. The number of hydrogen-bond donors (Lipinski definition) is 3. The first-order valence-corrected chi connectivity index (χ1v) is 10.8. The van der Waals surface area contributed by atoms with Crippen LogP contribution in [0.15, 0.2) is 48.5 Å². The van der Waals surface area contributed by atoms with Crippen molar-refractivity contribution in [3.05, 3.63) is 59.7 Å². The number of benzene rings is 2. The molecule has 7 heteroatoms. The maximum absolute atomic E-state index is 12.7. The third-order valence-corrected chi connectivity index (χ3v) is 5.76. The van der Waals surface area contributed by atoms with Crippen molar-refractivity contribution in [2.24, 2.45) is 5.41 Å². The molecule has 1 aliphatic rings. The van der Waals surface area contributed by atoms with Gasteiger partial charge < -0.3 is 20.5 Å². The molecule has 0 bridgehead atoms. The van der Waals surface area contributed by atoms with E-state index >= 15 is 0 Å². The van der Waals surface area contributed by atoms with Crippen LogP contribution in [0.1, 0.15) is 51.2 Å². The van der Waals surface area contributed by atoms with Gasteiger partial charge in [-0.15, -0.1) is 0 Å². The lowest BCUT2D eigenvalue weighted by atomic mass is 9.86. The summed E-state index contributed by atoms with van der Waals surface area (Å²) in [4.78, 5) is 36.7. The van der Waals surface area contributed by atoms with Gasteiger partial charge in [0.25, 0.3) is 0 Å². The van der Waals surface area contributed by atoms with Crippen LogP contribution in [0.2, 0.25) is 0 Å². The Morgan fingerprint density at radius 3 is 1.97 bits per heavy atom. The van der Waals surface area contributed by atoms with Crippen LogP contribution in [0, 0.1) is 5.41 Å². The molecule has 32 heavy (non-hydrogen) atoms. The standard InChI is InChI=1S/C25H30N2O5/c1-5-20(23(29)30)26-22(28)21(25(2,3)4)27-24(31)32-14-19-17-12-8-6-10-15(17)16-11-7-9-13-18(16)19/h6-13,19-21H,5,14H2,1-4H3,(H,26,28)(H,27,31)(H,29,30)/t20?,21-/m1/s1. The van der Waals surface area contributed by atoms with E-state index in [1.54, 1.807) is 27.7 Å². The smallest absolute Gasteiger partial charge is 0.407 e. The molecule has 0 saturated heterocycles. The van der Waals surface area contributed by atoms with Crippen LogP contribution >= 0.6 is 0 Å². The first kappa shape index (κ1) is 23.3. The molecule has 0 radical (unpaired) electrons. The maximum atomic E-state index is 12.7. The zero-order valence-corrected chi connectivity index (χ0v) is 18.8. The number of amides is 2. The number of hydrogen-bond acceptors (Lipinski definition) is 4. The van der Waals surface area contributed by atoms with E-state index in [9.17, 15) is 19.5 Å². The third-order valence-electron chi connectivity index (χ3n) is 5.76. The van der Waals surface area contributed by atoms with Gasteiger partial charge in [-0.05, 0) is 34.1 Å². The number of alkyl carbamates (subject to hydrolysis) is 1. The highest BCUT2D eigenvalue weighted by Crippen LogP contribution is 2.44. The minimum Gasteiger partial charge on any atom is -0.480 e. The summed E-state index contributed by atoms with van der Waals surface area (Å²) in [5.74, 6) is -1.76. The summed E-state index contributed by atoms with van der Waals surface area (Å²) in [6.45, 7) is 7.18. The van der Waals surface area contributed by atoms with Gasteiger partial charge in [-0.3, -0.25) is 4.79 Å². The lowest BCUT2D eigenvalue weighted by molar-refractivity contribution is -0.142. The zero-order chi connectivity index (χ0) is 23.5. The molecule has 7 nitrogen and oxygen atoms in total. The number of carboxylic acid groups (broad SMARTS) is 1. The summed E-state index contributed by atoms with van der Waals surface area (Å²) in [6.07, 6.45) is -0.478. The van der Waals surface area contributed by atoms with Crippen molar-refractivity contribution in [1.82, 2.24) is 10.6 Å². The van der Waals surface area contributed by atoms with E-state index < -0.39 is 35.5 Å². The Kier molecular flexibility index (Phi) is 6.87. The highest BCUT2D eigenvalue weighted by Gasteiger charge is 2.36. The molecule has 1 unspecified atom stereocenters. The van der Waals surface area contributed by atoms with Gasteiger partial charge in [0.1, 0.15) is 18.7 Å². The van der Waals surface area contributed by atoms with Crippen LogP contribution in [-0.4, -0.2) is 41.8 Å². The molecule has 1 aliphatic carbocycles. The minimum absolute atomic E-state index is 0.0912. The van der Waals surface area contributed by atoms with E-state index in [-0.39, 0.29) is 18.9 Å². The number of rotatable bonds is 7. The molecule has 2 aromatic rings. The quantitative estimate of drug-likeness (QED) is 0.608. The fourth-order valence-electron chi connectivity index (χ4n) is 4.03. The number of aliphatic carboxylic acids is 1. The predicted octanol–water partition coefficient (Wildman–Crippen LogP) is 3.92. The Bertz CT molecular complexity index is 966. The van der Waals surface area contributed by atoms with Crippen LogP contribution in [0.25, 0.3) is 11.1 Å². The largest absolute Gasteiger partial charge is 0.480 e. The summed E-state index contributed by atoms with van der Waals surface area (Å²) in [7, 11) is 0. The van der Waals surface area contributed by atoms with E-state index in [1.807, 2.05) is 36.4 Å². The van der Waals surface area contributed by atoms with E-state index in [2.05, 4.69) is 22.8 Å². The van der Waals surface area contributed by atoms with Crippen LogP contribution in [-0.2, 0) is 14.3 Å². The second-order valence-corrected chi connectivity index (χ2v) is 9.08. The normalized spacial score (nSPS) is 14.6. The Morgan fingerprint density at radius 1 is 0.969 bits per heavy atom. The molecule has 170 valence electrons. The number of nitrogens with one attached hydrogen (secondary N) is 2. The first-order valence-electron chi connectivity index (χ1n) is 10.8. The fourth-order valence-corrected chi connectivity index (χ4v) is 4.03. The van der Waals surface area contributed by atoms with Crippen molar-refractivity contribution in [3.8, 4) is 11.1 Å². The van der Waals surface area contributed by atoms with Crippen LogP contribution in [0.3, 0.4) is 0 Å². The molecule has 0 heterocycles. The van der Waals surface area contributed by atoms with Gasteiger partial charge in [-0.25, -0.2) is 9.59 Å². The van der Waals surface area contributed by atoms with Crippen molar-refractivity contribution >= 4 is 18.0 Å². The average molecular weight is 439 g/mol. The van der Waals surface area contributed by atoms with Crippen molar-refractivity contribution < 1.29 is 24.2 Å². The molecule has 0 fully saturated rings. The van der Waals surface area contributed by atoms with Gasteiger partial charge in [0.15, 0.2) is 0 Å². The van der Waals surface area contributed by atoms with Gasteiger partial charge in [-0.1, -0.05) is 76.2 Å². The second-order valence-electron chi connectivity index (χ2n) is 9.08. The SMILES string of the molecule is CCC(NC(=O)[C@@H](NC(=O)OCC1c2ccccc2-c2ccccc21)C(C)(C)C)C(=O)O. The number of ether oxygens (including phenoxy) is 1. The summed E-state index contributed by atoms with van der Waals surface area (Å²) in [5, 5.41) is 14.4. The lowest BCUT2D eigenvalue weighted by Crippen LogP contribution is -2.56. The van der Waals surface area contributed by atoms with Crippen LogP contribution < -0.4 is 10.6 Å². The molecular formula is C25H30N2O5. The number of carbonyl (C=O) groups is 3. The monoisotopic (exact) mass is 438 g/mol. The van der Waals surface area contributed by atoms with Crippen LogP contribution in [0.4, 0.5) is 4.79 Å². The predicted molar refractivity (Wildman–Crippen MR) is 121 cm³/mol. The molecule has 0 aromatic heterocycles. The molecular weight excluding hydrogens is 408 g/mol. The topological polar surface area (TPSA) is 105 Å². The Morgan fingerprint density at radius 2 is 1.50 bits per heavy atom. The van der Waals surface area contributed by atoms with Crippen molar-refractivity contribution in [3.63, 3.8) is 0 Å².